The molecule has 0 aromatic carbocycles. The summed E-state index contributed by atoms with van der Waals surface area (Å²) in [7, 11) is -2.01. The minimum Gasteiger partial charge on any atom is -0.444 e. The van der Waals surface area contributed by atoms with Crippen LogP contribution >= 0.6 is 0 Å². The van der Waals surface area contributed by atoms with Gasteiger partial charge in [-0.2, -0.15) is 0 Å². The van der Waals surface area contributed by atoms with Crippen LogP contribution in [0.4, 0.5) is 4.79 Å². The number of likely N-dealkylation sites (tertiary alicyclic amines) is 1. The number of hydrogen-bond donors (Lipinski definition) is 0. The van der Waals surface area contributed by atoms with Crippen molar-refractivity contribution in [3.63, 3.8) is 0 Å². The first-order valence-corrected chi connectivity index (χ1v) is 10.9. The molecule has 0 unspecified atom stereocenters. The minimum atomic E-state index is -2.01. The second-order valence-corrected chi connectivity index (χ2v) is 13.3. The van der Waals surface area contributed by atoms with Gasteiger partial charge in [0.2, 0.25) is 0 Å². The lowest BCUT2D eigenvalue weighted by atomic mass is 10.2. The molecule has 0 N–H and O–H groups in total. The Morgan fingerprint density at radius 3 is 2.22 bits per heavy atom. The van der Waals surface area contributed by atoms with Crippen LogP contribution in [0.1, 0.15) is 41.5 Å². The molecule has 1 fully saturated rings. The number of amides is 1. The van der Waals surface area contributed by atoms with Crippen molar-refractivity contribution in [1.82, 2.24) is 4.90 Å². The van der Waals surface area contributed by atoms with Crippen LogP contribution in [0.2, 0.25) is 18.1 Å². The summed E-state index contributed by atoms with van der Waals surface area (Å²) < 4.78 is 11.8. The molecule has 1 rings (SSSR count). The third kappa shape index (κ3) is 5.41. The molecule has 132 valence electrons. The number of carbonyl (C=O) groups is 1. The van der Waals surface area contributed by atoms with E-state index < -0.39 is 20.0 Å². The number of rotatable bonds is 3. The first-order chi connectivity index (χ1) is 10.3. The van der Waals surface area contributed by atoms with Crippen molar-refractivity contribution in [3.8, 4) is 0 Å². The maximum atomic E-state index is 12.2. The summed E-state index contributed by atoms with van der Waals surface area (Å²) in [5, 5.41) is 3.88. The summed E-state index contributed by atoms with van der Waals surface area (Å²) in [6.07, 6.45) is -0.670. The van der Waals surface area contributed by atoms with Crippen molar-refractivity contribution in [2.24, 2.45) is 5.11 Å². The molecule has 1 aliphatic rings. The Hall–Kier alpha value is -1.24. The average molecular weight is 343 g/mol. The van der Waals surface area contributed by atoms with Crippen molar-refractivity contribution < 1.29 is 14.0 Å². The third-order valence-electron chi connectivity index (χ3n) is 4.34. The molecule has 8 heteroatoms. The lowest BCUT2D eigenvalue weighted by molar-refractivity contribution is 0.0272. The van der Waals surface area contributed by atoms with E-state index in [1.807, 2.05) is 20.8 Å². The maximum Gasteiger partial charge on any atom is 0.410 e. The van der Waals surface area contributed by atoms with Gasteiger partial charge in [-0.1, -0.05) is 25.9 Å². The highest BCUT2D eigenvalue weighted by molar-refractivity contribution is 6.74. The fourth-order valence-corrected chi connectivity index (χ4v) is 3.42. The van der Waals surface area contributed by atoms with E-state index in [1.54, 1.807) is 4.90 Å². The molecule has 1 heterocycles. The van der Waals surface area contributed by atoms with E-state index in [0.717, 1.165) is 0 Å². The van der Waals surface area contributed by atoms with Gasteiger partial charge >= 0.3 is 6.09 Å². The molecule has 0 aromatic heterocycles. The third-order valence-corrected chi connectivity index (χ3v) is 8.85. The summed E-state index contributed by atoms with van der Waals surface area (Å²) in [5.41, 5.74) is 8.24. The molecule has 0 saturated carbocycles. The largest absolute Gasteiger partial charge is 0.444 e. The molecule has 0 spiro atoms. The van der Waals surface area contributed by atoms with E-state index in [0.29, 0.717) is 13.1 Å². The minimum absolute atomic E-state index is 0.0489. The number of ether oxygens (including phenoxy) is 1. The van der Waals surface area contributed by atoms with Crippen molar-refractivity contribution in [1.29, 1.82) is 0 Å². The van der Waals surface area contributed by atoms with Gasteiger partial charge in [0.05, 0.1) is 12.1 Å². The highest BCUT2D eigenvalue weighted by Gasteiger charge is 2.44. The van der Waals surface area contributed by atoms with Crippen molar-refractivity contribution in [2.45, 2.75) is 77.4 Å². The van der Waals surface area contributed by atoms with Crippen LogP contribution in [0, 0.1) is 0 Å². The van der Waals surface area contributed by atoms with E-state index in [9.17, 15) is 4.79 Å². The predicted octanol–water partition coefficient (Wildman–Crippen LogP) is 4.31. The molecule has 0 bridgehead atoms. The first-order valence-electron chi connectivity index (χ1n) is 7.97. The van der Waals surface area contributed by atoms with Gasteiger partial charge in [0.15, 0.2) is 8.32 Å². The van der Waals surface area contributed by atoms with Gasteiger partial charge < -0.3 is 14.1 Å². The zero-order chi connectivity index (χ0) is 18.1. The molecule has 1 saturated heterocycles. The van der Waals surface area contributed by atoms with Gasteiger partial charge in [0, 0.05) is 18.0 Å². The molecule has 7 nitrogen and oxygen atoms in total. The van der Waals surface area contributed by atoms with Crippen LogP contribution in [-0.4, -0.2) is 50.1 Å². The molecular weight excluding hydrogens is 312 g/mol. The highest BCUT2D eigenvalue weighted by Crippen LogP contribution is 2.38. The number of nitrogens with zero attached hydrogens (tertiary/aromatic N) is 4. The van der Waals surface area contributed by atoms with Gasteiger partial charge in [-0.3, -0.25) is 0 Å². The molecule has 23 heavy (non-hydrogen) atoms. The predicted molar refractivity (Wildman–Crippen MR) is 92.8 cm³/mol. The SMILES string of the molecule is CC(C)(C)OC(=O)N1C[C@H](N=[N+]=[N-])[C@@H](O[Si](C)(C)C(C)(C)C)C1. The van der Waals surface area contributed by atoms with Crippen molar-refractivity contribution >= 4 is 14.4 Å². The fourth-order valence-electron chi connectivity index (χ4n) is 2.08. The normalized spacial score (nSPS) is 22.7. The number of carbonyl (C=O) groups excluding carboxylic acids is 1. The summed E-state index contributed by atoms with van der Waals surface area (Å²) in [4.78, 5) is 16.7. The molecule has 0 aromatic rings. The van der Waals surface area contributed by atoms with E-state index in [4.69, 9.17) is 14.7 Å². The van der Waals surface area contributed by atoms with E-state index in [2.05, 4.69) is 43.9 Å². The van der Waals surface area contributed by atoms with Gasteiger partial charge in [-0.15, -0.1) is 0 Å². The summed E-state index contributed by atoms with van der Waals surface area (Å²) in [5.74, 6) is 0. The van der Waals surface area contributed by atoms with E-state index >= 15 is 0 Å². The van der Waals surface area contributed by atoms with Crippen LogP contribution < -0.4 is 0 Å². The highest BCUT2D eigenvalue weighted by atomic mass is 28.4. The smallest absolute Gasteiger partial charge is 0.410 e. The fraction of sp³-hybridized carbons (Fsp3) is 0.933. The van der Waals surface area contributed by atoms with Crippen LogP contribution in [0.25, 0.3) is 10.4 Å². The van der Waals surface area contributed by atoms with Gasteiger partial charge in [-0.25, -0.2) is 4.79 Å². The van der Waals surface area contributed by atoms with Gasteiger partial charge in [0.25, 0.3) is 0 Å². The molecule has 0 aliphatic carbocycles. The summed E-state index contributed by atoms with van der Waals surface area (Å²) >= 11 is 0. The number of azide groups is 1. The summed E-state index contributed by atoms with van der Waals surface area (Å²) in [6.45, 7) is 17.0. The van der Waals surface area contributed by atoms with Crippen LogP contribution in [-0.2, 0) is 9.16 Å². The standard InChI is InChI=1S/C15H30N4O3Si/c1-14(2,3)21-13(20)19-9-11(17-18-16)12(10-19)22-23(7,8)15(4,5)6/h11-12H,9-10H2,1-8H3/t11-,12-/m0/s1. The molecule has 1 amide bonds. The van der Waals surface area contributed by atoms with Crippen LogP contribution in [0.15, 0.2) is 5.11 Å². The van der Waals surface area contributed by atoms with E-state index in [-0.39, 0.29) is 17.2 Å². The lowest BCUT2D eigenvalue weighted by Gasteiger charge is -2.39. The Kier molecular flexibility index (Phi) is 5.77. The Labute approximate surface area is 140 Å². The maximum absolute atomic E-state index is 12.2. The quantitative estimate of drug-likeness (QED) is 0.331. The topological polar surface area (TPSA) is 87.5 Å². The lowest BCUT2D eigenvalue weighted by Crippen LogP contribution is -2.46. The monoisotopic (exact) mass is 342 g/mol. The van der Waals surface area contributed by atoms with Crippen molar-refractivity contribution in [3.05, 3.63) is 10.4 Å². The second-order valence-electron chi connectivity index (χ2n) is 8.57. The Bertz CT molecular complexity index is 490. The Morgan fingerprint density at radius 1 is 1.22 bits per heavy atom. The zero-order valence-electron chi connectivity index (χ0n) is 15.6. The molecule has 2 atom stereocenters. The van der Waals surface area contributed by atoms with Crippen LogP contribution in [0.3, 0.4) is 0 Å². The molecule has 1 aliphatic heterocycles. The second kappa shape index (κ2) is 6.71. The van der Waals surface area contributed by atoms with Gasteiger partial charge in [-0.05, 0) is 44.4 Å². The van der Waals surface area contributed by atoms with Gasteiger partial charge in [0.1, 0.15) is 5.60 Å². The zero-order valence-corrected chi connectivity index (χ0v) is 16.6. The molecule has 0 radical (unpaired) electrons. The summed E-state index contributed by atoms with van der Waals surface area (Å²) in [6, 6.07) is -0.373. The first kappa shape index (κ1) is 19.8. The average Bonchev–Trinajstić information content (AvgIpc) is 2.69. The van der Waals surface area contributed by atoms with Crippen LogP contribution in [0.5, 0.6) is 0 Å². The van der Waals surface area contributed by atoms with E-state index in [1.165, 1.54) is 0 Å². The molecular formula is C15H30N4O3Si. The Morgan fingerprint density at radius 2 is 1.78 bits per heavy atom. The Balaban J connectivity index is 2.87. The number of hydrogen-bond acceptors (Lipinski definition) is 4. The van der Waals surface area contributed by atoms with Crippen molar-refractivity contribution in [2.75, 3.05) is 13.1 Å².